The molecule has 0 bridgehead atoms. The summed E-state index contributed by atoms with van der Waals surface area (Å²) in [7, 11) is 4.21. The largest absolute Gasteiger partial charge is 0.481 e. The summed E-state index contributed by atoms with van der Waals surface area (Å²) in [4.78, 5) is 13.1. The minimum Gasteiger partial charge on any atom is -0.481 e. The summed E-state index contributed by atoms with van der Waals surface area (Å²) < 4.78 is 0. The topological polar surface area (TPSA) is 40.5 Å². The van der Waals surface area contributed by atoms with E-state index in [1.165, 1.54) is 0 Å². The van der Waals surface area contributed by atoms with Crippen molar-refractivity contribution in [2.75, 3.05) is 14.1 Å². The number of aliphatic carboxylic acids is 1. The Bertz CT molecular complexity index is 195. The van der Waals surface area contributed by atoms with E-state index in [0.29, 0.717) is 12.0 Å². The fraction of sp³-hybridized carbons (Fsp3) is 0.909. The van der Waals surface area contributed by atoms with Gasteiger partial charge < -0.3 is 10.0 Å². The molecule has 0 saturated heterocycles. The number of carbonyl (C=O) groups is 1. The molecule has 82 valence electrons. The van der Waals surface area contributed by atoms with Crippen molar-refractivity contribution < 1.29 is 9.90 Å². The normalized spacial score (nSPS) is 30.3. The monoisotopic (exact) mass is 199 g/mol. The maximum absolute atomic E-state index is 10.8. The summed E-state index contributed by atoms with van der Waals surface area (Å²) >= 11 is 0. The van der Waals surface area contributed by atoms with Gasteiger partial charge in [0.25, 0.3) is 0 Å². The van der Waals surface area contributed by atoms with Gasteiger partial charge in [-0.15, -0.1) is 0 Å². The maximum Gasteiger partial charge on any atom is 0.306 e. The molecule has 0 amide bonds. The zero-order chi connectivity index (χ0) is 10.7. The molecular weight excluding hydrogens is 178 g/mol. The summed E-state index contributed by atoms with van der Waals surface area (Å²) in [5.41, 5.74) is 0. The molecule has 14 heavy (non-hydrogen) atoms. The first-order valence-electron chi connectivity index (χ1n) is 5.41. The predicted molar refractivity (Wildman–Crippen MR) is 56.2 cm³/mol. The highest BCUT2D eigenvalue weighted by molar-refractivity contribution is 5.69. The van der Waals surface area contributed by atoms with Gasteiger partial charge in [0.05, 0.1) is 5.92 Å². The Morgan fingerprint density at radius 1 is 1.29 bits per heavy atom. The zero-order valence-electron chi connectivity index (χ0n) is 9.36. The summed E-state index contributed by atoms with van der Waals surface area (Å²) in [5, 5.41) is 8.90. The molecule has 0 aromatic heterocycles. The molecule has 0 heterocycles. The number of hydrogen-bond donors (Lipinski definition) is 1. The van der Waals surface area contributed by atoms with Crippen molar-refractivity contribution >= 4 is 5.97 Å². The van der Waals surface area contributed by atoms with E-state index in [-0.39, 0.29) is 5.92 Å². The molecule has 1 N–H and O–H groups in total. The molecule has 0 spiro atoms. The van der Waals surface area contributed by atoms with Gasteiger partial charge in [-0.05, 0) is 45.7 Å². The third-order valence-corrected chi connectivity index (χ3v) is 3.57. The van der Waals surface area contributed by atoms with Gasteiger partial charge in [0.1, 0.15) is 0 Å². The summed E-state index contributed by atoms with van der Waals surface area (Å²) in [6, 6.07) is 0.659. The smallest absolute Gasteiger partial charge is 0.306 e. The molecule has 1 rings (SSSR count). The van der Waals surface area contributed by atoms with Crippen molar-refractivity contribution in [2.45, 2.75) is 38.6 Å². The molecule has 1 atom stereocenters. The summed E-state index contributed by atoms with van der Waals surface area (Å²) in [6.07, 6.45) is 4.43. The standard InChI is InChI=1S/C11H21NO2/c1-8(11(13)14)9-4-6-10(7-5-9)12(2)3/h8-10H,4-7H2,1-3H3,(H,13,14)/t8?,9-,10-. The van der Waals surface area contributed by atoms with Crippen LogP contribution in [0, 0.1) is 11.8 Å². The maximum atomic E-state index is 10.8. The number of carboxylic acids is 1. The Hall–Kier alpha value is -0.570. The van der Waals surface area contributed by atoms with Gasteiger partial charge >= 0.3 is 5.97 Å². The Kier molecular flexibility index (Phi) is 3.93. The van der Waals surface area contributed by atoms with Gasteiger partial charge in [0.2, 0.25) is 0 Å². The van der Waals surface area contributed by atoms with Crippen LogP contribution in [0.3, 0.4) is 0 Å². The van der Waals surface area contributed by atoms with Crippen molar-refractivity contribution in [2.24, 2.45) is 11.8 Å². The highest BCUT2D eigenvalue weighted by Crippen LogP contribution is 2.31. The lowest BCUT2D eigenvalue weighted by Crippen LogP contribution is -2.34. The summed E-state index contributed by atoms with van der Waals surface area (Å²) in [6.45, 7) is 1.84. The lowest BCUT2D eigenvalue weighted by molar-refractivity contribution is -0.143. The van der Waals surface area contributed by atoms with Crippen molar-refractivity contribution in [3.8, 4) is 0 Å². The second kappa shape index (κ2) is 4.78. The summed E-state index contributed by atoms with van der Waals surface area (Å²) in [5.74, 6) is -0.417. The number of carboxylic acid groups (broad SMARTS) is 1. The van der Waals surface area contributed by atoms with E-state index in [9.17, 15) is 4.79 Å². The third kappa shape index (κ3) is 2.71. The van der Waals surface area contributed by atoms with Crippen LogP contribution in [0.4, 0.5) is 0 Å². The third-order valence-electron chi connectivity index (χ3n) is 3.57. The first kappa shape index (κ1) is 11.5. The van der Waals surface area contributed by atoms with Crippen LogP contribution >= 0.6 is 0 Å². The molecule has 0 aromatic rings. The molecule has 1 unspecified atom stereocenters. The van der Waals surface area contributed by atoms with E-state index in [0.717, 1.165) is 25.7 Å². The second-order valence-corrected chi connectivity index (χ2v) is 4.66. The number of hydrogen-bond acceptors (Lipinski definition) is 2. The molecule has 1 aliphatic rings. The van der Waals surface area contributed by atoms with Gasteiger partial charge in [-0.1, -0.05) is 6.92 Å². The van der Waals surface area contributed by atoms with Gasteiger partial charge in [0.15, 0.2) is 0 Å². The quantitative estimate of drug-likeness (QED) is 0.754. The van der Waals surface area contributed by atoms with E-state index in [2.05, 4.69) is 19.0 Å². The number of rotatable bonds is 3. The van der Waals surface area contributed by atoms with E-state index in [1.54, 1.807) is 0 Å². The van der Waals surface area contributed by atoms with Gasteiger partial charge in [-0.3, -0.25) is 4.79 Å². The van der Waals surface area contributed by atoms with Gasteiger partial charge in [-0.2, -0.15) is 0 Å². The van der Waals surface area contributed by atoms with E-state index in [4.69, 9.17) is 5.11 Å². The highest BCUT2D eigenvalue weighted by Gasteiger charge is 2.29. The first-order chi connectivity index (χ1) is 6.52. The Balaban J connectivity index is 2.39. The van der Waals surface area contributed by atoms with E-state index < -0.39 is 5.97 Å². The molecule has 3 nitrogen and oxygen atoms in total. The molecule has 0 aromatic carbocycles. The van der Waals surface area contributed by atoms with Crippen LogP contribution in [0.1, 0.15) is 32.6 Å². The fourth-order valence-electron chi connectivity index (χ4n) is 2.32. The SMILES string of the molecule is CC(C(=O)O)[C@H]1CC[C@H](N(C)C)CC1. The fourth-order valence-corrected chi connectivity index (χ4v) is 2.32. The lowest BCUT2D eigenvalue weighted by Gasteiger charge is -2.34. The van der Waals surface area contributed by atoms with Crippen molar-refractivity contribution in [3.05, 3.63) is 0 Å². The van der Waals surface area contributed by atoms with Crippen molar-refractivity contribution in [3.63, 3.8) is 0 Å². The average Bonchev–Trinajstić information content (AvgIpc) is 2.16. The minimum atomic E-state index is -0.640. The lowest BCUT2D eigenvalue weighted by atomic mass is 9.79. The molecule has 1 fully saturated rings. The Labute approximate surface area is 86.1 Å². The Morgan fingerprint density at radius 3 is 2.14 bits per heavy atom. The number of nitrogens with zero attached hydrogens (tertiary/aromatic N) is 1. The second-order valence-electron chi connectivity index (χ2n) is 4.66. The van der Waals surface area contributed by atoms with Crippen LogP contribution in [0.2, 0.25) is 0 Å². The Morgan fingerprint density at radius 2 is 1.79 bits per heavy atom. The van der Waals surface area contributed by atoms with E-state index in [1.807, 2.05) is 6.92 Å². The zero-order valence-corrected chi connectivity index (χ0v) is 9.36. The van der Waals surface area contributed by atoms with Crippen molar-refractivity contribution in [1.82, 2.24) is 4.90 Å². The van der Waals surface area contributed by atoms with Crippen LogP contribution in [0.25, 0.3) is 0 Å². The molecular formula is C11H21NO2. The van der Waals surface area contributed by atoms with Crippen LogP contribution in [0.15, 0.2) is 0 Å². The molecule has 1 aliphatic carbocycles. The highest BCUT2D eigenvalue weighted by atomic mass is 16.4. The first-order valence-corrected chi connectivity index (χ1v) is 5.41. The van der Waals surface area contributed by atoms with Crippen LogP contribution < -0.4 is 0 Å². The van der Waals surface area contributed by atoms with Crippen LogP contribution in [-0.4, -0.2) is 36.1 Å². The molecule has 0 radical (unpaired) electrons. The molecule has 1 saturated carbocycles. The molecule has 3 heteroatoms. The van der Waals surface area contributed by atoms with E-state index >= 15 is 0 Å². The van der Waals surface area contributed by atoms with Gasteiger partial charge in [0, 0.05) is 6.04 Å². The molecule has 0 aliphatic heterocycles. The van der Waals surface area contributed by atoms with Crippen LogP contribution in [0.5, 0.6) is 0 Å². The van der Waals surface area contributed by atoms with Crippen LogP contribution in [-0.2, 0) is 4.79 Å². The minimum absolute atomic E-state index is 0.168. The average molecular weight is 199 g/mol. The van der Waals surface area contributed by atoms with Gasteiger partial charge in [-0.25, -0.2) is 0 Å². The predicted octanol–water partition coefficient (Wildman–Crippen LogP) is 1.83. The van der Waals surface area contributed by atoms with Crippen molar-refractivity contribution in [1.29, 1.82) is 0 Å².